The molecule has 0 spiro atoms. The summed E-state index contributed by atoms with van der Waals surface area (Å²) in [5.41, 5.74) is 4.17. The lowest BCUT2D eigenvalue weighted by Crippen LogP contribution is -1.84. The number of aliphatic hydroxyl groups is 1. The average molecular weight is 388 g/mol. The number of carbonyl (C=O) groups excluding carboxylic acids is 1. The van der Waals surface area contributed by atoms with E-state index in [1.54, 1.807) is 0 Å². The van der Waals surface area contributed by atoms with Crippen LogP contribution in [0.25, 0.3) is 0 Å². The summed E-state index contributed by atoms with van der Waals surface area (Å²) in [6, 6.07) is 0. The van der Waals surface area contributed by atoms with Gasteiger partial charge in [-0.1, -0.05) is 142 Å². The fourth-order valence-electron chi connectivity index (χ4n) is 3.33. The van der Waals surface area contributed by atoms with Gasteiger partial charge >= 0.3 is 0 Å². The first-order valence-corrected chi connectivity index (χ1v) is 11.9. The van der Waals surface area contributed by atoms with Gasteiger partial charge in [0.2, 0.25) is 6.41 Å². The maximum Gasteiger partial charge on any atom is 0.204 e. The summed E-state index contributed by atoms with van der Waals surface area (Å²) in [5, 5.41) is 7.00. The molecule has 3 heteroatoms. The number of unbranched alkanes of at least 4 members (excludes halogenated alkanes) is 19. The van der Waals surface area contributed by atoms with Crippen LogP contribution in [-0.4, -0.2) is 18.6 Å². The second-order valence-electron chi connectivity index (χ2n) is 7.50. The maximum absolute atomic E-state index is 8.58. The molecule has 0 heterocycles. The van der Waals surface area contributed by atoms with E-state index in [-0.39, 0.29) is 6.41 Å². The van der Waals surface area contributed by atoms with E-state index < -0.39 is 0 Å². The van der Waals surface area contributed by atoms with Gasteiger partial charge in [-0.3, -0.25) is 4.79 Å². The second kappa shape index (κ2) is 36.4. The third-order valence-corrected chi connectivity index (χ3v) is 4.96. The number of nitrogens with two attached hydrogens (primary N) is 1. The standard InChI is InChI=1S/C22H46.CH3NO.CH4O/c1-3-5-7-9-11-13-15-17-19-21-22-20-18-16-14-12-10-8-6-4-2;2-1-3;1-2/h3-22H2,1-2H3;1H,(H2,2,3);2H,1H3. The first-order valence-electron chi connectivity index (χ1n) is 11.9. The van der Waals surface area contributed by atoms with Gasteiger partial charge in [-0.15, -0.1) is 0 Å². The van der Waals surface area contributed by atoms with Gasteiger partial charge in [0, 0.05) is 7.11 Å². The number of primary amides is 1. The van der Waals surface area contributed by atoms with Gasteiger partial charge in [0.15, 0.2) is 0 Å². The summed E-state index contributed by atoms with van der Waals surface area (Å²) in [4.78, 5) is 8.58. The van der Waals surface area contributed by atoms with Crippen LogP contribution in [-0.2, 0) is 4.79 Å². The predicted molar refractivity (Wildman–Crippen MR) is 122 cm³/mol. The molecule has 3 nitrogen and oxygen atoms in total. The Balaban J connectivity index is -0.00000104. The van der Waals surface area contributed by atoms with Crippen molar-refractivity contribution >= 4 is 6.41 Å². The molecule has 0 aliphatic rings. The Bertz CT molecular complexity index is 202. The molecule has 0 saturated heterocycles. The molecule has 3 N–H and O–H groups in total. The first kappa shape index (κ1) is 31.1. The zero-order valence-corrected chi connectivity index (χ0v) is 19.2. The van der Waals surface area contributed by atoms with Gasteiger partial charge in [0.1, 0.15) is 0 Å². The molecule has 27 heavy (non-hydrogen) atoms. The minimum Gasteiger partial charge on any atom is -0.400 e. The van der Waals surface area contributed by atoms with Crippen LogP contribution in [0.4, 0.5) is 0 Å². The van der Waals surface area contributed by atoms with Gasteiger partial charge in [0.05, 0.1) is 0 Å². The van der Waals surface area contributed by atoms with Crippen molar-refractivity contribution in [1.29, 1.82) is 0 Å². The zero-order valence-electron chi connectivity index (χ0n) is 19.2. The van der Waals surface area contributed by atoms with Crippen LogP contribution in [0.3, 0.4) is 0 Å². The van der Waals surface area contributed by atoms with E-state index in [0.29, 0.717) is 0 Å². The van der Waals surface area contributed by atoms with Crippen LogP contribution in [0.1, 0.15) is 142 Å². The summed E-state index contributed by atoms with van der Waals surface area (Å²) >= 11 is 0. The van der Waals surface area contributed by atoms with Gasteiger partial charge in [-0.05, 0) is 0 Å². The number of amides is 1. The lowest BCUT2D eigenvalue weighted by Gasteiger charge is -2.03. The Labute approximate surface area is 171 Å². The van der Waals surface area contributed by atoms with Crippen LogP contribution in [0.5, 0.6) is 0 Å². The Morgan fingerprint density at radius 2 is 0.593 bits per heavy atom. The van der Waals surface area contributed by atoms with E-state index in [2.05, 4.69) is 19.6 Å². The normalized spacial score (nSPS) is 9.78. The smallest absolute Gasteiger partial charge is 0.204 e. The van der Waals surface area contributed by atoms with Gasteiger partial charge in [0.25, 0.3) is 0 Å². The molecule has 0 aromatic rings. The lowest BCUT2D eigenvalue weighted by atomic mass is 10.0. The Kier molecular flexibility index (Phi) is 41.9. The highest BCUT2D eigenvalue weighted by Crippen LogP contribution is 2.14. The molecular weight excluding hydrogens is 334 g/mol. The molecule has 1 amide bonds. The second-order valence-corrected chi connectivity index (χ2v) is 7.50. The summed E-state index contributed by atoms with van der Waals surface area (Å²) in [6.07, 6.45) is 29.7. The summed E-state index contributed by atoms with van der Waals surface area (Å²) in [5.74, 6) is 0. The summed E-state index contributed by atoms with van der Waals surface area (Å²) < 4.78 is 0. The molecule has 0 rings (SSSR count). The van der Waals surface area contributed by atoms with Crippen molar-refractivity contribution in [2.24, 2.45) is 5.73 Å². The minimum absolute atomic E-state index is 0.250. The SMILES string of the molecule is CCCCCCCCCCCCCCCCCCCCCC.CO.NC=O. The molecule has 166 valence electrons. The quantitative estimate of drug-likeness (QED) is 0.177. The van der Waals surface area contributed by atoms with Crippen molar-refractivity contribution in [2.45, 2.75) is 142 Å². The predicted octanol–water partition coefficient (Wildman–Crippen LogP) is 7.54. The van der Waals surface area contributed by atoms with Crippen molar-refractivity contribution in [3.05, 3.63) is 0 Å². The molecule has 0 atom stereocenters. The summed E-state index contributed by atoms with van der Waals surface area (Å²) in [6.45, 7) is 4.60. The van der Waals surface area contributed by atoms with E-state index in [1.807, 2.05) is 0 Å². The largest absolute Gasteiger partial charge is 0.400 e. The van der Waals surface area contributed by atoms with Crippen LogP contribution in [0.2, 0.25) is 0 Å². The molecule has 0 bridgehead atoms. The van der Waals surface area contributed by atoms with E-state index in [0.717, 1.165) is 7.11 Å². The van der Waals surface area contributed by atoms with Crippen LogP contribution >= 0.6 is 0 Å². The highest BCUT2D eigenvalue weighted by molar-refractivity contribution is 5.42. The van der Waals surface area contributed by atoms with Crippen molar-refractivity contribution in [3.63, 3.8) is 0 Å². The minimum atomic E-state index is 0.250. The molecule has 0 aliphatic carbocycles. The molecular formula is C24H53NO2. The molecule has 0 saturated carbocycles. The van der Waals surface area contributed by atoms with Crippen molar-refractivity contribution in [3.8, 4) is 0 Å². The van der Waals surface area contributed by atoms with Crippen molar-refractivity contribution in [1.82, 2.24) is 0 Å². The number of carbonyl (C=O) groups is 1. The highest BCUT2D eigenvalue weighted by atomic mass is 16.2. The topological polar surface area (TPSA) is 63.3 Å². The monoisotopic (exact) mass is 387 g/mol. The van der Waals surface area contributed by atoms with Crippen molar-refractivity contribution < 1.29 is 9.90 Å². The number of hydrogen-bond donors (Lipinski definition) is 2. The molecule has 0 fully saturated rings. The van der Waals surface area contributed by atoms with E-state index in [4.69, 9.17) is 9.90 Å². The maximum atomic E-state index is 8.58. The van der Waals surface area contributed by atoms with Crippen LogP contribution in [0.15, 0.2) is 0 Å². The third-order valence-electron chi connectivity index (χ3n) is 4.96. The van der Waals surface area contributed by atoms with Gasteiger partial charge in [-0.25, -0.2) is 0 Å². The van der Waals surface area contributed by atoms with Crippen molar-refractivity contribution in [2.75, 3.05) is 7.11 Å². The summed E-state index contributed by atoms with van der Waals surface area (Å²) in [7, 11) is 1.00. The van der Waals surface area contributed by atoms with Crippen LogP contribution < -0.4 is 5.73 Å². The average Bonchev–Trinajstić information content (AvgIpc) is 2.69. The third kappa shape index (κ3) is 41.1. The first-order chi connectivity index (χ1) is 13.3. The molecule has 0 aromatic carbocycles. The van der Waals surface area contributed by atoms with Gasteiger partial charge in [-0.2, -0.15) is 0 Å². The number of hydrogen-bond acceptors (Lipinski definition) is 2. The zero-order chi connectivity index (χ0) is 20.8. The molecule has 0 radical (unpaired) electrons. The molecule has 0 aliphatic heterocycles. The fraction of sp³-hybridized carbons (Fsp3) is 0.958. The Morgan fingerprint density at radius 1 is 0.481 bits per heavy atom. The Morgan fingerprint density at radius 3 is 0.704 bits per heavy atom. The van der Waals surface area contributed by atoms with E-state index in [1.165, 1.54) is 128 Å². The fourth-order valence-corrected chi connectivity index (χ4v) is 3.33. The lowest BCUT2D eigenvalue weighted by molar-refractivity contribution is -0.106. The molecule has 0 unspecified atom stereocenters. The number of aliphatic hydroxyl groups excluding tert-OH is 1. The Hall–Kier alpha value is -0.570. The van der Waals surface area contributed by atoms with E-state index in [9.17, 15) is 0 Å². The highest BCUT2D eigenvalue weighted by Gasteiger charge is 1.94. The number of rotatable bonds is 19. The van der Waals surface area contributed by atoms with Crippen LogP contribution in [0, 0.1) is 0 Å². The molecule has 0 aromatic heterocycles. The van der Waals surface area contributed by atoms with Gasteiger partial charge < -0.3 is 10.8 Å². The van der Waals surface area contributed by atoms with E-state index >= 15 is 0 Å².